The summed E-state index contributed by atoms with van der Waals surface area (Å²) in [5.74, 6) is 0.818. The Hall–Kier alpha value is -0.710. The van der Waals surface area contributed by atoms with Crippen LogP contribution in [0.4, 0.5) is 18.9 Å². The molecule has 0 atom stereocenters. The third-order valence-corrected chi connectivity index (χ3v) is 3.58. The molecule has 1 fully saturated rings. The van der Waals surface area contributed by atoms with E-state index in [0.717, 1.165) is 24.8 Å². The fraction of sp³-hybridized carbons (Fsp3) is 0.538. The number of halogens is 4. The van der Waals surface area contributed by atoms with Gasteiger partial charge in [-0.3, -0.25) is 0 Å². The van der Waals surface area contributed by atoms with Crippen LogP contribution in [0.1, 0.15) is 31.2 Å². The Morgan fingerprint density at radius 2 is 2.00 bits per heavy atom. The van der Waals surface area contributed by atoms with Crippen LogP contribution in [0.5, 0.6) is 0 Å². The van der Waals surface area contributed by atoms with Crippen LogP contribution in [0, 0.1) is 5.92 Å². The first-order valence-electron chi connectivity index (χ1n) is 6.07. The highest BCUT2D eigenvalue weighted by atomic mass is 79.9. The van der Waals surface area contributed by atoms with Crippen molar-refractivity contribution < 1.29 is 13.2 Å². The second kappa shape index (κ2) is 5.51. The van der Waals surface area contributed by atoms with Crippen LogP contribution in [-0.4, -0.2) is 6.54 Å². The summed E-state index contributed by atoms with van der Waals surface area (Å²) in [5, 5.41) is 2.89. The van der Waals surface area contributed by atoms with E-state index >= 15 is 0 Å². The lowest BCUT2D eigenvalue weighted by atomic mass is 10.1. The topological polar surface area (TPSA) is 12.0 Å². The lowest BCUT2D eigenvalue weighted by Crippen LogP contribution is -2.11. The number of nitrogens with one attached hydrogen (secondary N) is 1. The van der Waals surface area contributed by atoms with E-state index < -0.39 is 11.7 Å². The van der Waals surface area contributed by atoms with Gasteiger partial charge in [0, 0.05) is 16.7 Å². The van der Waals surface area contributed by atoms with Crippen molar-refractivity contribution in [3.63, 3.8) is 0 Å². The lowest BCUT2D eigenvalue weighted by Gasteiger charge is -2.14. The van der Waals surface area contributed by atoms with Crippen molar-refractivity contribution in [3.8, 4) is 0 Å². The van der Waals surface area contributed by atoms with Gasteiger partial charge in [0.1, 0.15) is 0 Å². The van der Waals surface area contributed by atoms with E-state index in [0.29, 0.717) is 11.0 Å². The fourth-order valence-electron chi connectivity index (χ4n) is 1.93. The molecule has 18 heavy (non-hydrogen) atoms. The second-order valence-corrected chi connectivity index (χ2v) is 5.62. The van der Waals surface area contributed by atoms with Crippen molar-refractivity contribution in [3.05, 3.63) is 28.2 Å². The van der Waals surface area contributed by atoms with Crippen LogP contribution >= 0.6 is 15.9 Å². The van der Waals surface area contributed by atoms with Crippen LogP contribution in [0.15, 0.2) is 22.7 Å². The van der Waals surface area contributed by atoms with Gasteiger partial charge in [-0.05, 0) is 37.0 Å². The van der Waals surface area contributed by atoms with Gasteiger partial charge in [0.2, 0.25) is 0 Å². The van der Waals surface area contributed by atoms with Crippen LogP contribution in [-0.2, 0) is 6.18 Å². The van der Waals surface area contributed by atoms with Crippen LogP contribution in [0.3, 0.4) is 0 Å². The minimum absolute atomic E-state index is 0.168. The Kier molecular flexibility index (Phi) is 4.20. The molecule has 0 radical (unpaired) electrons. The molecule has 2 rings (SSSR count). The molecule has 5 heteroatoms. The van der Waals surface area contributed by atoms with Gasteiger partial charge in [-0.25, -0.2) is 0 Å². The van der Waals surface area contributed by atoms with Crippen LogP contribution < -0.4 is 5.32 Å². The molecule has 0 spiro atoms. The summed E-state index contributed by atoms with van der Waals surface area (Å²) in [7, 11) is 0. The maximum Gasteiger partial charge on any atom is 0.418 e. The maximum absolute atomic E-state index is 12.8. The Bertz CT molecular complexity index is 413. The van der Waals surface area contributed by atoms with Crippen molar-refractivity contribution >= 4 is 21.6 Å². The molecule has 0 amide bonds. The van der Waals surface area contributed by atoms with E-state index in [1.807, 2.05) is 0 Å². The minimum Gasteiger partial charge on any atom is -0.385 e. The van der Waals surface area contributed by atoms with Crippen molar-refractivity contribution in [1.82, 2.24) is 0 Å². The highest BCUT2D eigenvalue weighted by Crippen LogP contribution is 2.37. The highest BCUT2D eigenvalue weighted by molar-refractivity contribution is 9.10. The molecule has 1 aliphatic rings. The molecule has 1 aromatic rings. The molecule has 1 saturated carbocycles. The first-order chi connectivity index (χ1) is 8.47. The van der Waals surface area contributed by atoms with Gasteiger partial charge in [-0.15, -0.1) is 0 Å². The SMILES string of the molecule is FC(F)(F)c1cc(Br)ccc1NCCCC1CC1. The predicted molar refractivity (Wildman–Crippen MR) is 69.6 cm³/mol. The van der Waals surface area contributed by atoms with Gasteiger partial charge < -0.3 is 5.32 Å². The third-order valence-electron chi connectivity index (χ3n) is 3.09. The zero-order valence-corrected chi connectivity index (χ0v) is 11.4. The van der Waals surface area contributed by atoms with E-state index in [-0.39, 0.29) is 5.69 Å². The molecule has 0 aliphatic heterocycles. The maximum atomic E-state index is 12.8. The summed E-state index contributed by atoms with van der Waals surface area (Å²) in [6, 6.07) is 4.21. The minimum atomic E-state index is -4.32. The molecular weight excluding hydrogens is 307 g/mol. The van der Waals surface area contributed by atoms with Gasteiger partial charge in [0.25, 0.3) is 0 Å². The summed E-state index contributed by atoms with van der Waals surface area (Å²) >= 11 is 3.07. The van der Waals surface area contributed by atoms with Crippen molar-refractivity contribution in [2.75, 3.05) is 11.9 Å². The van der Waals surface area contributed by atoms with E-state index in [9.17, 15) is 13.2 Å². The molecule has 1 aliphatic carbocycles. The number of hydrogen-bond acceptors (Lipinski definition) is 1. The van der Waals surface area contributed by atoms with Crippen molar-refractivity contribution in [2.24, 2.45) is 5.92 Å². The summed E-state index contributed by atoms with van der Waals surface area (Å²) in [6.45, 7) is 0.598. The average molecular weight is 322 g/mol. The average Bonchev–Trinajstić information content (AvgIpc) is 3.08. The second-order valence-electron chi connectivity index (χ2n) is 4.70. The van der Waals surface area contributed by atoms with Gasteiger partial charge >= 0.3 is 6.18 Å². The van der Waals surface area contributed by atoms with E-state index in [4.69, 9.17) is 0 Å². The molecule has 0 saturated heterocycles. The van der Waals surface area contributed by atoms with Crippen molar-refractivity contribution in [1.29, 1.82) is 0 Å². The van der Waals surface area contributed by atoms with Gasteiger partial charge in [0.05, 0.1) is 5.56 Å². The van der Waals surface area contributed by atoms with Gasteiger partial charge in [-0.2, -0.15) is 13.2 Å². The highest BCUT2D eigenvalue weighted by Gasteiger charge is 2.33. The summed E-state index contributed by atoms with van der Waals surface area (Å²) in [4.78, 5) is 0. The van der Waals surface area contributed by atoms with Gasteiger partial charge in [0.15, 0.2) is 0 Å². The lowest BCUT2D eigenvalue weighted by molar-refractivity contribution is -0.137. The van der Waals surface area contributed by atoms with E-state index in [1.54, 1.807) is 6.07 Å². The summed E-state index contributed by atoms with van der Waals surface area (Å²) in [6.07, 6.45) is 0.295. The fourth-order valence-corrected chi connectivity index (χ4v) is 2.29. The number of rotatable bonds is 5. The van der Waals surface area contributed by atoms with Crippen molar-refractivity contribution in [2.45, 2.75) is 31.9 Å². The number of anilines is 1. The molecule has 0 unspecified atom stereocenters. The molecule has 0 aromatic heterocycles. The largest absolute Gasteiger partial charge is 0.418 e. The normalized spacial score (nSPS) is 15.8. The van der Waals surface area contributed by atoms with E-state index in [1.165, 1.54) is 18.9 Å². The van der Waals surface area contributed by atoms with Gasteiger partial charge in [-0.1, -0.05) is 28.8 Å². The number of alkyl halides is 3. The zero-order chi connectivity index (χ0) is 13.2. The number of benzene rings is 1. The Labute approximate surface area is 113 Å². The Morgan fingerprint density at radius 3 is 2.61 bits per heavy atom. The van der Waals surface area contributed by atoms with Crippen LogP contribution in [0.25, 0.3) is 0 Å². The van der Waals surface area contributed by atoms with E-state index in [2.05, 4.69) is 21.2 Å². The monoisotopic (exact) mass is 321 g/mol. The molecule has 0 heterocycles. The zero-order valence-electron chi connectivity index (χ0n) is 9.86. The first kappa shape index (κ1) is 13.7. The molecular formula is C13H15BrF3N. The summed E-state index contributed by atoms with van der Waals surface area (Å²) in [5.41, 5.74) is -0.440. The Morgan fingerprint density at radius 1 is 1.28 bits per heavy atom. The summed E-state index contributed by atoms with van der Waals surface area (Å²) < 4.78 is 38.9. The third kappa shape index (κ3) is 3.90. The standard InChI is InChI=1S/C13H15BrF3N/c14-10-5-6-12(11(8-10)13(15,16)17)18-7-1-2-9-3-4-9/h5-6,8-9,18H,1-4,7H2. The molecule has 0 bridgehead atoms. The Balaban J connectivity index is 1.97. The first-order valence-corrected chi connectivity index (χ1v) is 6.87. The van der Waals surface area contributed by atoms with Crippen LogP contribution in [0.2, 0.25) is 0 Å². The molecule has 1 N–H and O–H groups in total. The molecule has 1 aromatic carbocycles. The predicted octanol–water partition coefficient (Wildman–Crippen LogP) is 5.07. The quantitative estimate of drug-likeness (QED) is 0.746. The molecule has 1 nitrogen and oxygen atoms in total. The smallest absolute Gasteiger partial charge is 0.385 e. The molecule has 100 valence electrons. The number of hydrogen-bond donors (Lipinski definition) is 1.